The molecule has 0 saturated carbocycles. The van der Waals surface area contributed by atoms with E-state index in [4.69, 9.17) is 9.47 Å². The number of ether oxygens (including phenoxy) is 2. The molecule has 0 bridgehead atoms. The summed E-state index contributed by atoms with van der Waals surface area (Å²) in [5.41, 5.74) is 3.20. The Bertz CT molecular complexity index is 2230. The smallest absolute Gasteiger partial charge is 0.293 e. The minimum Gasteiger partial charge on any atom is -0.506 e. The molecule has 1 aliphatic heterocycles. The number of anilines is 2. The van der Waals surface area contributed by atoms with Crippen molar-refractivity contribution >= 4 is 44.8 Å². The van der Waals surface area contributed by atoms with Crippen LogP contribution in [0.3, 0.4) is 0 Å². The van der Waals surface area contributed by atoms with Gasteiger partial charge in [-0.3, -0.25) is 24.8 Å². The van der Waals surface area contributed by atoms with Crippen LogP contribution >= 0.6 is 11.8 Å². The molecular formula is C39H40N6O8S2. The van der Waals surface area contributed by atoms with E-state index >= 15 is 0 Å². The van der Waals surface area contributed by atoms with Gasteiger partial charge >= 0.3 is 0 Å². The molecule has 0 radical (unpaired) electrons. The molecule has 4 aromatic carbocycles. The van der Waals surface area contributed by atoms with Crippen LogP contribution in [0.1, 0.15) is 15.9 Å². The fourth-order valence-corrected chi connectivity index (χ4v) is 7.98. The Labute approximate surface area is 323 Å². The Morgan fingerprint density at radius 2 is 1.60 bits per heavy atom. The van der Waals surface area contributed by atoms with Gasteiger partial charge in [0, 0.05) is 79.0 Å². The van der Waals surface area contributed by atoms with Crippen LogP contribution in [0.5, 0.6) is 17.2 Å². The third-order valence-corrected chi connectivity index (χ3v) is 11.4. The highest BCUT2D eigenvalue weighted by Gasteiger charge is 2.25. The number of nitro groups is 1. The summed E-state index contributed by atoms with van der Waals surface area (Å²) < 4.78 is 39.8. The fraction of sp³-hybridized carbons (Fsp3) is 0.231. The van der Waals surface area contributed by atoms with Gasteiger partial charge < -0.3 is 24.8 Å². The number of amides is 1. The standard InChI is InChI=1S/C39H40N6O8S2/c1-52-37-21-28(29-20-31(46)25-40-24-29)22-38(53-2)34(37)26-43-15-17-44(18-16-43)30-10-8-27(9-11-30)39(47)42-55(50,51)33-12-13-35(36(23-33)45(48)49)41-14-19-54-32-6-4-3-5-7-32/h3-13,20-25,41,46H,14-19,26H2,1-2H3,(H,42,47). The van der Waals surface area contributed by atoms with E-state index in [9.17, 15) is 28.4 Å². The number of nitro benzene ring substituents is 1. The summed E-state index contributed by atoms with van der Waals surface area (Å²) in [5, 5.41) is 24.7. The number of sulfonamides is 1. The molecule has 14 nitrogen and oxygen atoms in total. The van der Waals surface area contributed by atoms with Crippen molar-refractivity contribution in [2.24, 2.45) is 0 Å². The maximum Gasteiger partial charge on any atom is 0.293 e. The summed E-state index contributed by atoms with van der Waals surface area (Å²) in [4.78, 5) is 33.4. The van der Waals surface area contributed by atoms with E-state index in [0.717, 1.165) is 46.4 Å². The number of piperazine rings is 1. The van der Waals surface area contributed by atoms with Crippen LogP contribution in [-0.4, -0.2) is 86.9 Å². The van der Waals surface area contributed by atoms with Crippen molar-refractivity contribution in [2.75, 3.05) is 62.9 Å². The van der Waals surface area contributed by atoms with Crippen molar-refractivity contribution in [3.63, 3.8) is 0 Å². The van der Waals surface area contributed by atoms with Gasteiger partial charge in [0.25, 0.3) is 21.6 Å². The largest absolute Gasteiger partial charge is 0.506 e. The zero-order valence-corrected chi connectivity index (χ0v) is 31.8. The summed E-state index contributed by atoms with van der Waals surface area (Å²) in [6, 6.07) is 25.3. The number of benzene rings is 4. The first-order valence-electron chi connectivity index (χ1n) is 17.3. The van der Waals surface area contributed by atoms with Crippen molar-refractivity contribution in [3.05, 3.63) is 125 Å². The number of thioether (sulfide) groups is 1. The summed E-state index contributed by atoms with van der Waals surface area (Å²) in [6.07, 6.45) is 3.04. The van der Waals surface area contributed by atoms with E-state index in [1.54, 1.807) is 62.5 Å². The summed E-state index contributed by atoms with van der Waals surface area (Å²) in [5.74, 6) is 1.16. The molecule has 0 spiro atoms. The van der Waals surface area contributed by atoms with Crippen LogP contribution in [0.15, 0.2) is 113 Å². The Balaban J connectivity index is 1.04. The normalized spacial score (nSPS) is 13.2. The van der Waals surface area contributed by atoms with Crippen molar-refractivity contribution in [2.45, 2.75) is 16.3 Å². The molecule has 1 saturated heterocycles. The first-order chi connectivity index (χ1) is 26.5. The highest BCUT2D eigenvalue weighted by Crippen LogP contribution is 2.37. The molecule has 1 aliphatic rings. The Hall–Kier alpha value is -5.84. The molecule has 55 heavy (non-hydrogen) atoms. The Morgan fingerprint density at radius 1 is 0.909 bits per heavy atom. The number of pyridine rings is 1. The second-order valence-corrected chi connectivity index (χ2v) is 15.4. The second kappa shape index (κ2) is 17.5. The molecule has 1 amide bonds. The highest BCUT2D eigenvalue weighted by molar-refractivity contribution is 7.99. The van der Waals surface area contributed by atoms with Gasteiger partial charge in [-0.15, -0.1) is 11.8 Å². The minimum atomic E-state index is -4.42. The van der Waals surface area contributed by atoms with Crippen LogP contribution in [0.2, 0.25) is 0 Å². The van der Waals surface area contributed by atoms with Crippen LogP contribution in [0.4, 0.5) is 17.1 Å². The molecule has 0 atom stereocenters. The zero-order valence-electron chi connectivity index (χ0n) is 30.2. The van der Waals surface area contributed by atoms with Gasteiger partial charge in [-0.25, -0.2) is 13.1 Å². The third kappa shape index (κ3) is 9.64. The number of carbonyl (C=O) groups excluding carboxylic acids is 1. The number of nitrogens with zero attached hydrogens (tertiary/aromatic N) is 4. The third-order valence-electron chi connectivity index (χ3n) is 9.05. The topological polar surface area (TPSA) is 176 Å². The lowest BCUT2D eigenvalue weighted by Crippen LogP contribution is -2.46. The summed E-state index contributed by atoms with van der Waals surface area (Å²) >= 11 is 1.58. The average molecular weight is 785 g/mol. The number of aromatic nitrogens is 1. The monoisotopic (exact) mass is 784 g/mol. The second-order valence-electron chi connectivity index (χ2n) is 12.6. The minimum absolute atomic E-state index is 0.0637. The average Bonchev–Trinajstić information content (AvgIpc) is 3.20. The number of methoxy groups -OCH3 is 2. The fourth-order valence-electron chi connectivity index (χ4n) is 6.19. The van der Waals surface area contributed by atoms with Crippen LogP contribution in [-0.2, 0) is 16.6 Å². The molecule has 286 valence electrons. The van der Waals surface area contributed by atoms with Gasteiger partial charge in [-0.1, -0.05) is 18.2 Å². The molecule has 0 unspecified atom stereocenters. The van der Waals surface area contributed by atoms with Crippen molar-refractivity contribution < 1.29 is 32.7 Å². The zero-order chi connectivity index (χ0) is 39.0. The number of aromatic hydroxyl groups is 1. The van der Waals surface area contributed by atoms with Crippen LogP contribution in [0, 0.1) is 10.1 Å². The predicted molar refractivity (Wildman–Crippen MR) is 212 cm³/mol. The van der Waals surface area contributed by atoms with Crippen molar-refractivity contribution in [1.29, 1.82) is 0 Å². The highest BCUT2D eigenvalue weighted by atomic mass is 32.2. The molecule has 1 fully saturated rings. The first kappa shape index (κ1) is 38.9. The van der Waals surface area contributed by atoms with Gasteiger partial charge in [0.15, 0.2) is 0 Å². The van der Waals surface area contributed by atoms with Crippen LogP contribution < -0.4 is 24.4 Å². The molecule has 6 rings (SSSR count). The van der Waals surface area contributed by atoms with E-state index in [0.29, 0.717) is 43.4 Å². The van der Waals surface area contributed by atoms with E-state index in [1.165, 1.54) is 18.3 Å². The van der Waals surface area contributed by atoms with E-state index < -0.39 is 31.4 Å². The van der Waals surface area contributed by atoms with Gasteiger partial charge in [0.05, 0.1) is 35.8 Å². The van der Waals surface area contributed by atoms with Gasteiger partial charge in [0.1, 0.15) is 22.9 Å². The number of hydrogen-bond donors (Lipinski definition) is 3. The molecule has 3 N–H and O–H groups in total. The predicted octanol–water partition coefficient (Wildman–Crippen LogP) is 6.02. The first-order valence-corrected chi connectivity index (χ1v) is 19.8. The number of carbonyl (C=O) groups is 1. The van der Waals surface area contributed by atoms with E-state index in [2.05, 4.69) is 20.1 Å². The molecule has 2 heterocycles. The van der Waals surface area contributed by atoms with Crippen molar-refractivity contribution in [3.8, 4) is 28.4 Å². The SMILES string of the molecule is COc1cc(-c2cncc(O)c2)cc(OC)c1CN1CCN(c2ccc(C(=O)NS(=O)(=O)c3ccc(NCCSc4ccccc4)c([N+](=O)[O-])c3)cc2)CC1. The molecular weight excluding hydrogens is 745 g/mol. The lowest BCUT2D eigenvalue weighted by molar-refractivity contribution is -0.384. The molecule has 16 heteroatoms. The van der Waals surface area contributed by atoms with Crippen LogP contribution in [0.25, 0.3) is 11.1 Å². The molecule has 0 aliphatic carbocycles. The van der Waals surface area contributed by atoms with Gasteiger partial charge in [0.2, 0.25) is 0 Å². The summed E-state index contributed by atoms with van der Waals surface area (Å²) in [7, 11) is -1.20. The molecule has 5 aromatic rings. The number of nitrogens with one attached hydrogen (secondary N) is 2. The van der Waals surface area contributed by atoms with E-state index in [1.807, 2.05) is 47.2 Å². The Morgan fingerprint density at radius 3 is 2.24 bits per heavy atom. The summed E-state index contributed by atoms with van der Waals surface area (Å²) in [6.45, 7) is 3.87. The van der Waals surface area contributed by atoms with Gasteiger partial charge in [-0.05, 0) is 72.3 Å². The lowest BCUT2D eigenvalue weighted by Gasteiger charge is -2.36. The quantitative estimate of drug-likeness (QED) is 0.0487. The lowest BCUT2D eigenvalue weighted by atomic mass is 10.0. The Kier molecular flexibility index (Phi) is 12.4. The maximum absolute atomic E-state index is 13.2. The number of rotatable bonds is 15. The molecule has 1 aromatic heterocycles. The van der Waals surface area contributed by atoms with E-state index in [-0.39, 0.29) is 17.0 Å². The number of hydrogen-bond acceptors (Lipinski definition) is 13. The van der Waals surface area contributed by atoms with Crippen molar-refractivity contribution in [1.82, 2.24) is 14.6 Å². The van der Waals surface area contributed by atoms with Gasteiger partial charge in [-0.2, -0.15) is 0 Å². The maximum atomic E-state index is 13.2.